The van der Waals surface area contributed by atoms with Crippen LogP contribution in [0.5, 0.6) is 5.75 Å². The van der Waals surface area contributed by atoms with Crippen LogP contribution in [0.15, 0.2) is 78.0 Å². The van der Waals surface area contributed by atoms with Crippen molar-refractivity contribution in [2.75, 3.05) is 12.5 Å². The molecule has 2 aromatic heterocycles. The molecule has 0 bridgehead atoms. The van der Waals surface area contributed by atoms with Gasteiger partial charge in [-0.3, -0.25) is 5.43 Å². The first-order chi connectivity index (χ1) is 13.2. The molecule has 2 heterocycles. The Balaban J connectivity index is 1.80. The van der Waals surface area contributed by atoms with E-state index in [9.17, 15) is 0 Å². The molecule has 0 aliphatic heterocycles. The quantitative estimate of drug-likeness (QED) is 0.387. The van der Waals surface area contributed by atoms with Crippen LogP contribution in [0.25, 0.3) is 22.0 Å². The first-order valence-corrected chi connectivity index (χ1v) is 8.73. The van der Waals surface area contributed by atoms with Gasteiger partial charge in [0.05, 0.1) is 24.0 Å². The Morgan fingerprint density at radius 1 is 1.04 bits per heavy atom. The summed E-state index contributed by atoms with van der Waals surface area (Å²) in [5.74, 6) is 1.46. The van der Waals surface area contributed by atoms with Crippen molar-refractivity contribution in [2.45, 2.75) is 6.92 Å². The largest absolute Gasteiger partial charge is 0.497 e. The predicted octanol–water partition coefficient (Wildman–Crippen LogP) is 5.07. The summed E-state index contributed by atoms with van der Waals surface area (Å²) in [6, 6.07) is 22.2. The van der Waals surface area contributed by atoms with E-state index in [-0.39, 0.29) is 0 Å². The van der Waals surface area contributed by atoms with Crippen molar-refractivity contribution < 1.29 is 4.74 Å². The predicted molar refractivity (Wildman–Crippen MR) is 110 cm³/mol. The van der Waals surface area contributed by atoms with Crippen LogP contribution in [-0.2, 0) is 0 Å². The van der Waals surface area contributed by atoms with Crippen LogP contribution in [0.2, 0.25) is 0 Å². The number of nitrogens with one attached hydrogen (secondary N) is 2. The molecule has 2 aromatic carbocycles. The van der Waals surface area contributed by atoms with Crippen molar-refractivity contribution in [3.05, 3.63) is 78.6 Å². The minimum atomic E-state index is 0.681. The highest BCUT2D eigenvalue weighted by atomic mass is 16.5. The zero-order chi connectivity index (χ0) is 18.6. The average molecular weight is 356 g/mol. The number of H-pyrrole nitrogens is 1. The summed E-state index contributed by atoms with van der Waals surface area (Å²) in [5, 5.41) is 5.53. The number of ether oxygens (including phenoxy) is 1. The van der Waals surface area contributed by atoms with Gasteiger partial charge in [0.1, 0.15) is 11.6 Å². The van der Waals surface area contributed by atoms with Gasteiger partial charge >= 0.3 is 0 Å². The van der Waals surface area contributed by atoms with Gasteiger partial charge in [0.25, 0.3) is 0 Å². The van der Waals surface area contributed by atoms with Crippen LogP contribution in [0.4, 0.5) is 5.82 Å². The van der Waals surface area contributed by atoms with Crippen LogP contribution >= 0.6 is 0 Å². The van der Waals surface area contributed by atoms with Crippen molar-refractivity contribution in [3.63, 3.8) is 0 Å². The molecule has 4 rings (SSSR count). The molecule has 0 saturated carbocycles. The fourth-order valence-corrected chi connectivity index (χ4v) is 3.01. The molecule has 0 spiro atoms. The van der Waals surface area contributed by atoms with Crippen LogP contribution in [0.1, 0.15) is 12.6 Å². The Morgan fingerprint density at radius 2 is 1.89 bits per heavy atom. The molecule has 0 saturated heterocycles. The highest BCUT2D eigenvalue weighted by Crippen LogP contribution is 2.32. The summed E-state index contributed by atoms with van der Waals surface area (Å²) in [6.45, 7) is 1.95. The first kappa shape index (κ1) is 16.8. The molecule has 0 unspecified atom stereocenters. The third-order valence-electron chi connectivity index (χ3n) is 4.43. The molecule has 5 heteroatoms. The van der Waals surface area contributed by atoms with E-state index in [2.05, 4.69) is 27.6 Å². The van der Waals surface area contributed by atoms with Gasteiger partial charge in [-0.25, -0.2) is 4.98 Å². The molecular weight excluding hydrogens is 336 g/mol. The van der Waals surface area contributed by atoms with E-state index in [4.69, 9.17) is 9.72 Å². The number of methoxy groups -OCH3 is 1. The summed E-state index contributed by atoms with van der Waals surface area (Å²) >= 11 is 0. The van der Waals surface area contributed by atoms with Crippen molar-refractivity contribution in [1.29, 1.82) is 0 Å². The zero-order valence-electron chi connectivity index (χ0n) is 15.2. The average Bonchev–Trinajstić information content (AvgIpc) is 3.26. The Labute approximate surface area is 157 Å². The molecule has 0 fully saturated rings. The number of benzene rings is 2. The maximum Gasteiger partial charge on any atom is 0.147 e. The van der Waals surface area contributed by atoms with Gasteiger partial charge in [-0.1, -0.05) is 30.3 Å². The lowest BCUT2D eigenvalue weighted by atomic mass is 10.0. The molecular formula is C22H20N4O. The molecule has 0 aliphatic rings. The second-order valence-corrected chi connectivity index (χ2v) is 6.20. The van der Waals surface area contributed by atoms with E-state index in [1.54, 1.807) is 7.11 Å². The lowest BCUT2D eigenvalue weighted by molar-refractivity contribution is 0.415. The Hall–Kier alpha value is -3.60. The zero-order valence-corrected chi connectivity index (χ0v) is 15.2. The van der Waals surface area contributed by atoms with Crippen LogP contribution in [0.3, 0.4) is 0 Å². The van der Waals surface area contributed by atoms with Crippen molar-refractivity contribution in [3.8, 4) is 16.9 Å². The molecule has 134 valence electrons. The summed E-state index contributed by atoms with van der Waals surface area (Å²) < 4.78 is 5.36. The van der Waals surface area contributed by atoms with Gasteiger partial charge in [-0.05, 0) is 48.4 Å². The van der Waals surface area contributed by atoms with Gasteiger partial charge in [-0.2, -0.15) is 5.10 Å². The minimum Gasteiger partial charge on any atom is -0.497 e. The molecule has 0 radical (unpaired) electrons. The molecule has 4 aromatic rings. The molecule has 0 atom stereocenters. The summed E-state index contributed by atoms with van der Waals surface area (Å²) in [6.07, 6.45) is 1.88. The standard InChI is InChI=1S/C22H20N4O/c1-15(20-9-6-12-23-20)25-26-22-14-19(16-7-4-3-5-8-16)18-11-10-17(27-2)13-21(18)24-22/h3-14,23H,1-2H3,(H,24,26). The smallest absolute Gasteiger partial charge is 0.147 e. The van der Waals surface area contributed by atoms with E-state index in [0.717, 1.165) is 39.2 Å². The SMILES string of the molecule is COc1ccc2c(-c3ccccc3)cc(NN=C(C)c3ccc[nH]3)nc2c1. The number of rotatable bonds is 5. The Morgan fingerprint density at radius 3 is 2.63 bits per heavy atom. The Kier molecular flexibility index (Phi) is 4.58. The maximum absolute atomic E-state index is 5.36. The fourth-order valence-electron chi connectivity index (χ4n) is 3.01. The molecule has 2 N–H and O–H groups in total. The summed E-state index contributed by atoms with van der Waals surface area (Å²) in [4.78, 5) is 7.86. The van der Waals surface area contributed by atoms with Crippen LogP contribution < -0.4 is 10.2 Å². The third kappa shape index (κ3) is 3.53. The van der Waals surface area contributed by atoms with E-state index in [0.29, 0.717) is 5.82 Å². The number of pyridine rings is 1. The third-order valence-corrected chi connectivity index (χ3v) is 4.43. The van der Waals surface area contributed by atoms with E-state index in [1.165, 1.54) is 0 Å². The van der Waals surface area contributed by atoms with Gasteiger partial charge in [0, 0.05) is 17.6 Å². The lowest BCUT2D eigenvalue weighted by Crippen LogP contribution is -2.01. The summed E-state index contributed by atoms with van der Waals surface area (Å²) in [5.41, 5.74) is 7.99. The number of hydrazone groups is 1. The summed E-state index contributed by atoms with van der Waals surface area (Å²) in [7, 11) is 1.66. The molecule has 0 amide bonds. The van der Waals surface area contributed by atoms with Crippen molar-refractivity contribution in [1.82, 2.24) is 9.97 Å². The highest BCUT2D eigenvalue weighted by molar-refractivity contribution is 5.98. The van der Waals surface area contributed by atoms with E-state index in [1.807, 2.05) is 67.7 Å². The number of nitrogens with zero attached hydrogens (tertiary/aromatic N) is 2. The van der Waals surface area contributed by atoms with Gasteiger partial charge < -0.3 is 9.72 Å². The van der Waals surface area contributed by atoms with Crippen molar-refractivity contribution >= 4 is 22.4 Å². The monoisotopic (exact) mass is 356 g/mol. The van der Waals surface area contributed by atoms with E-state index < -0.39 is 0 Å². The first-order valence-electron chi connectivity index (χ1n) is 8.73. The lowest BCUT2D eigenvalue weighted by Gasteiger charge is -2.11. The molecule has 0 aliphatic carbocycles. The fraction of sp³-hybridized carbons (Fsp3) is 0.0909. The number of aromatic nitrogens is 2. The normalized spacial score (nSPS) is 11.6. The van der Waals surface area contributed by atoms with E-state index >= 15 is 0 Å². The number of hydrogen-bond acceptors (Lipinski definition) is 4. The van der Waals surface area contributed by atoms with Gasteiger partial charge in [0.2, 0.25) is 0 Å². The Bertz CT molecular complexity index is 1090. The molecule has 5 nitrogen and oxygen atoms in total. The maximum atomic E-state index is 5.36. The minimum absolute atomic E-state index is 0.681. The van der Waals surface area contributed by atoms with Crippen molar-refractivity contribution in [2.24, 2.45) is 5.10 Å². The second kappa shape index (κ2) is 7.33. The highest BCUT2D eigenvalue weighted by Gasteiger charge is 2.09. The number of fused-ring (bicyclic) bond motifs is 1. The number of anilines is 1. The van der Waals surface area contributed by atoms with Crippen LogP contribution in [0, 0.1) is 0 Å². The number of aromatic amines is 1. The van der Waals surface area contributed by atoms with Crippen LogP contribution in [-0.4, -0.2) is 22.8 Å². The van der Waals surface area contributed by atoms with Gasteiger partial charge in [-0.15, -0.1) is 0 Å². The molecule has 27 heavy (non-hydrogen) atoms. The van der Waals surface area contributed by atoms with Gasteiger partial charge in [0.15, 0.2) is 0 Å². The topological polar surface area (TPSA) is 62.3 Å². The second-order valence-electron chi connectivity index (χ2n) is 6.20. The number of hydrogen-bond donors (Lipinski definition) is 2.